The first-order valence-corrected chi connectivity index (χ1v) is 6.82. The minimum Gasteiger partial charge on any atom is -0.317 e. The molecule has 0 saturated carbocycles. The van der Waals surface area contributed by atoms with Gasteiger partial charge in [0.2, 0.25) is 0 Å². The van der Waals surface area contributed by atoms with Gasteiger partial charge in [-0.3, -0.25) is 4.99 Å². The van der Waals surface area contributed by atoms with E-state index in [2.05, 4.69) is 26.4 Å². The second kappa shape index (κ2) is 6.92. The Labute approximate surface area is 125 Å². The highest BCUT2D eigenvalue weighted by molar-refractivity contribution is 5.85. The fourth-order valence-electron chi connectivity index (χ4n) is 2.72. The molecule has 6 heteroatoms. The number of allylic oxidation sites excluding steroid dienone is 1. The summed E-state index contributed by atoms with van der Waals surface area (Å²) in [6, 6.07) is 1.82. The van der Waals surface area contributed by atoms with Crippen molar-refractivity contribution in [1.82, 2.24) is 15.3 Å². The largest absolute Gasteiger partial charge is 0.317 e. The van der Waals surface area contributed by atoms with Crippen LogP contribution in [0, 0.1) is 5.92 Å². The number of piperidine rings is 1. The van der Waals surface area contributed by atoms with E-state index in [0.717, 1.165) is 31.8 Å². The molecule has 0 aliphatic carbocycles. The van der Waals surface area contributed by atoms with Gasteiger partial charge in [0.15, 0.2) is 0 Å². The Kier molecular flexibility index (Phi) is 5.23. The van der Waals surface area contributed by atoms with Gasteiger partial charge in [0, 0.05) is 18.6 Å². The fourth-order valence-corrected chi connectivity index (χ4v) is 2.72. The molecule has 2 aliphatic rings. The Hall–Kier alpha value is -1.30. The predicted octanol–water partition coefficient (Wildman–Crippen LogP) is 1.28. The SMILES string of the molecule is Cl.NC1N=CC(C2CCNCC2)=CC1c1ncccn1. The molecule has 0 bridgehead atoms. The number of rotatable bonds is 2. The molecule has 2 unspecified atom stereocenters. The fraction of sp³-hybridized carbons (Fsp3) is 0.500. The van der Waals surface area contributed by atoms with Crippen LogP contribution in [0.1, 0.15) is 24.6 Å². The van der Waals surface area contributed by atoms with Gasteiger partial charge in [-0.1, -0.05) is 6.08 Å². The Bertz CT molecular complexity index is 482. The summed E-state index contributed by atoms with van der Waals surface area (Å²) in [5.74, 6) is 1.35. The van der Waals surface area contributed by atoms with Gasteiger partial charge < -0.3 is 11.1 Å². The summed E-state index contributed by atoms with van der Waals surface area (Å²) < 4.78 is 0. The zero-order valence-corrected chi connectivity index (χ0v) is 12.1. The number of hydrogen-bond acceptors (Lipinski definition) is 5. The highest BCUT2D eigenvalue weighted by Crippen LogP contribution is 2.28. The average molecular weight is 294 g/mol. The maximum Gasteiger partial charge on any atom is 0.138 e. The average Bonchev–Trinajstić information content (AvgIpc) is 2.49. The Morgan fingerprint density at radius 3 is 2.55 bits per heavy atom. The molecule has 2 atom stereocenters. The number of halogens is 1. The van der Waals surface area contributed by atoms with E-state index in [-0.39, 0.29) is 24.5 Å². The maximum atomic E-state index is 6.07. The van der Waals surface area contributed by atoms with Gasteiger partial charge in [-0.05, 0) is 43.5 Å². The first kappa shape index (κ1) is 15.1. The second-order valence-corrected chi connectivity index (χ2v) is 5.09. The zero-order chi connectivity index (χ0) is 13.1. The lowest BCUT2D eigenvalue weighted by atomic mass is 9.86. The monoisotopic (exact) mass is 293 g/mol. The van der Waals surface area contributed by atoms with Gasteiger partial charge >= 0.3 is 0 Å². The van der Waals surface area contributed by atoms with Gasteiger partial charge in [0.25, 0.3) is 0 Å². The van der Waals surface area contributed by atoms with E-state index in [4.69, 9.17) is 5.73 Å². The normalized spacial score (nSPS) is 26.8. The van der Waals surface area contributed by atoms with Crippen LogP contribution in [0.15, 0.2) is 35.1 Å². The molecule has 0 aromatic carbocycles. The van der Waals surface area contributed by atoms with Crippen molar-refractivity contribution in [3.05, 3.63) is 35.9 Å². The van der Waals surface area contributed by atoms with Crippen molar-refractivity contribution in [2.75, 3.05) is 13.1 Å². The minimum atomic E-state index is -0.270. The van der Waals surface area contributed by atoms with Crippen molar-refractivity contribution in [2.45, 2.75) is 24.9 Å². The van der Waals surface area contributed by atoms with Crippen molar-refractivity contribution in [3.8, 4) is 0 Å². The van der Waals surface area contributed by atoms with E-state index >= 15 is 0 Å². The van der Waals surface area contributed by atoms with Crippen LogP contribution in [0.25, 0.3) is 0 Å². The molecule has 2 aliphatic heterocycles. The van der Waals surface area contributed by atoms with Gasteiger partial charge in [0.05, 0.1) is 5.92 Å². The van der Waals surface area contributed by atoms with Crippen molar-refractivity contribution >= 4 is 18.6 Å². The van der Waals surface area contributed by atoms with Crippen LogP contribution in [0.2, 0.25) is 0 Å². The number of hydrogen-bond donors (Lipinski definition) is 2. The van der Waals surface area contributed by atoms with Gasteiger partial charge in [-0.2, -0.15) is 0 Å². The molecule has 20 heavy (non-hydrogen) atoms. The van der Waals surface area contributed by atoms with Crippen LogP contribution >= 0.6 is 12.4 Å². The number of aliphatic imine (C=N–C) groups is 1. The van der Waals surface area contributed by atoms with E-state index in [0.29, 0.717) is 5.92 Å². The Morgan fingerprint density at radius 2 is 1.85 bits per heavy atom. The molecule has 1 saturated heterocycles. The topological polar surface area (TPSA) is 76.2 Å². The van der Waals surface area contributed by atoms with E-state index in [1.54, 1.807) is 12.4 Å². The molecule has 3 heterocycles. The van der Waals surface area contributed by atoms with Crippen molar-refractivity contribution in [1.29, 1.82) is 0 Å². The van der Waals surface area contributed by atoms with Gasteiger partial charge in [0.1, 0.15) is 12.0 Å². The molecule has 5 nitrogen and oxygen atoms in total. The van der Waals surface area contributed by atoms with Crippen LogP contribution in [0.4, 0.5) is 0 Å². The summed E-state index contributed by atoms with van der Waals surface area (Å²) in [6.45, 7) is 2.16. The summed E-state index contributed by atoms with van der Waals surface area (Å²) in [6.07, 6.45) is 9.72. The molecular weight excluding hydrogens is 274 g/mol. The first-order valence-electron chi connectivity index (χ1n) is 6.82. The van der Waals surface area contributed by atoms with E-state index in [1.807, 2.05) is 12.3 Å². The van der Waals surface area contributed by atoms with Crippen LogP contribution in [-0.4, -0.2) is 35.4 Å². The molecule has 1 fully saturated rings. The highest BCUT2D eigenvalue weighted by atomic mass is 35.5. The van der Waals surface area contributed by atoms with Crippen LogP contribution in [0.5, 0.6) is 0 Å². The Balaban J connectivity index is 0.00000147. The number of nitrogens with two attached hydrogens (primary N) is 1. The zero-order valence-electron chi connectivity index (χ0n) is 11.3. The summed E-state index contributed by atoms with van der Waals surface area (Å²) in [5, 5.41) is 3.38. The maximum absolute atomic E-state index is 6.07. The van der Waals surface area contributed by atoms with Crippen LogP contribution < -0.4 is 11.1 Å². The number of aromatic nitrogens is 2. The first-order chi connectivity index (χ1) is 9.34. The minimum absolute atomic E-state index is 0. The van der Waals surface area contributed by atoms with Gasteiger partial charge in [-0.25, -0.2) is 9.97 Å². The predicted molar refractivity (Wildman–Crippen MR) is 82.2 cm³/mol. The summed E-state index contributed by atoms with van der Waals surface area (Å²) in [7, 11) is 0. The molecular formula is C14H20ClN5. The third-order valence-corrected chi connectivity index (χ3v) is 3.83. The van der Waals surface area contributed by atoms with Crippen molar-refractivity contribution < 1.29 is 0 Å². The molecule has 3 rings (SSSR count). The third-order valence-electron chi connectivity index (χ3n) is 3.83. The number of nitrogens with one attached hydrogen (secondary N) is 1. The molecule has 0 spiro atoms. The second-order valence-electron chi connectivity index (χ2n) is 5.09. The van der Waals surface area contributed by atoms with Crippen LogP contribution in [0.3, 0.4) is 0 Å². The van der Waals surface area contributed by atoms with E-state index < -0.39 is 0 Å². The smallest absolute Gasteiger partial charge is 0.138 e. The third kappa shape index (κ3) is 3.23. The lowest BCUT2D eigenvalue weighted by Crippen LogP contribution is -2.33. The standard InChI is InChI=1S/C14H19N5.ClH/c15-13-12(14-17-4-1-5-18-14)8-11(9-19-13)10-2-6-16-7-3-10;/h1,4-5,8-10,12-13,16H,2-3,6-7,15H2;1H. The van der Waals surface area contributed by atoms with E-state index in [1.165, 1.54) is 5.57 Å². The van der Waals surface area contributed by atoms with Crippen LogP contribution in [-0.2, 0) is 0 Å². The molecule has 1 aromatic heterocycles. The Morgan fingerprint density at radius 1 is 1.15 bits per heavy atom. The summed E-state index contributed by atoms with van der Waals surface area (Å²) in [4.78, 5) is 13.0. The quantitative estimate of drug-likeness (QED) is 0.861. The number of nitrogens with zero attached hydrogens (tertiary/aromatic N) is 3. The van der Waals surface area contributed by atoms with Gasteiger partial charge in [-0.15, -0.1) is 12.4 Å². The molecule has 108 valence electrons. The summed E-state index contributed by atoms with van der Waals surface area (Å²) in [5.41, 5.74) is 7.36. The lowest BCUT2D eigenvalue weighted by molar-refractivity contribution is 0.424. The molecule has 0 radical (unpaired) electrons. The lowest BCUT2D eigenvalue weighted by Gasteiger charge is -2.28. The van der Waals surface area contributed by atoms with E-state index in [9.17, 15) is 0 Å². The van der Waals surface area contributed by atoms with Crippen molar-refractivity contribution in [3.63, 3.8) is 0 Å². The summed E-state index contributed by atoms with van der Waals surface area (Å²) >= 11 is 0. The molecule has 0 amide bonds. The molecule has 1 aromatic rings. The number of dihydropyridines is 1. The highest BCUT2D eigenvalue weighted by Gasteiger charge is 2.26. The van der Waals surface area contributed by atoms with Crippen molar-refractivity contribution in [2.24, 2.45) is 16.6 Å². The molecule has 3 N–H and O–H groups in total.